The number of hydrogen-bond donors (Lipinski definition) is 2. The van der Waals surface area contributed by atoms with E-state index in [-0.39, 0.29) is 12.1 Å². The lowest BCUT2D eigenvalue weighted by Crippen LogP contribution is -2.37. The fourth-order valence-electron chi connectivity index (χ4n) is 2.80. The first-order valence-electron chi connectivity index (χ1n) is 6.09. The van der Waals surface area contributed by atoms with Crippen LogP contribution in [0.4, 0.5) is 13.2 Å². The molecule has 0 heterocycles. The van der Waals surface area contributed by atoms with Gasteiger partial charge < -0.3 is 10.8 Å². The number of nitrogens with two attached hydrogens (primary N) is 1. The molecule has 1 aromatic rings. The Hall–Kier alpha value is -1.23. The van der Waals surface area contributed by atoms with E-state index >= 15 is 0 Å². The van der Waals surface area contributed by atoms with Crippen LogP contribution in [0, 0.1) is 17.5 Å². The van der Waals surface area contributed by atoms with Crippen molar-refractivity contribution in [1.29, 1.82) is 0 Å². The predicted molar refractivity (Wildman–Crippen MR) is 61.8 cm³/mol. The van der Waals surface area contributed by atoms with Crippen LogP contribution < -0.4 is 5.73 Å². The van der Waals surface area contributed by atoms with Crippen molar-refractivity contribution in [2.45, 2.75) is 37.5 Å². The van der Waals surface area contributed by atoms with E-state index in [1.807, 2.05) is 0 Å². The van der Waals surface area contributed by atoms with Gasteiger partial charge in [0.25, 0.3) is 0 Å². The SMILES string of the molecule is NCC1(c2cc(F)c(F)c(F)c2O)CCCCC1. The maximum absolute atomic E-state index is 13.4. The predicted octanol–water partition coefficient (Wildman–Crippen LogP) is 2.97. The molecular weight excluding hydrogens is 243 g/mol. The summed E-state index contributed by atoms with van der Waals surface area (Å²) in [6.45, 7) is 0.186. The Labute approximate surface area is 104 Å². The Morgan fingerprint density at radius 3 is 2.28 bits per heavy atom. The second-order valence-electron chi connectivity index (χ2n) is 4.93. The van der Waals surface area contributed by atoms with Crippen LogP contribution in [0.3, 0.4) is 0 Å². The molecule has 0 spiro atoms. The highest BCUT2D eigenvalue weighted by Gasteiger charge is 2.37. The molecule has 0 bridgehead atoms. The van der Waals surface area contributed by atoms with E-state index in [9.17, 15) is 18.3 Å². The second-order valence-corrected chi connectivity index (χ2v) is 4.93. The molecule has 18 heavy (non-hydrogen) atoms. The van der Waals surface area contributed by atoms with E-state index in [2.05, 4.69) is 0 Å². The third-order valence-electron chi connectivity index (χ3n) is 3.91. The molecule has 0 unspecified atom stereocenters. The molecule has 100 valence electrons. The van der Waals surface area contributed by atoms with Crippen molar-refractivity contribution in [3.8, 4) is 5.75 Å². The molecule has 0 saturated heterocycles. The van der Waals surface area contributed by atoms with Crippen molar-refractivity contribution in [2.75, 3.05) is 6.54 Å². The van der Waals surface area contributed by atoms with Crippen molar-refractivity contribution in [3.05, 3.63) is 29.1 Å². The van der Waals surface area contributed by atoms with E-state index < -0.39 is 28.6 Å². The topological polar surface area (TPSA) is 46.2 Å². The number of aromatic hydroxyl groups is 1. The summed E-state index contributed by atoms with van der Waals surface area (Å²) < 4.78 is 39.7. The van der Waals surface area contributed by atoms with Crippen LogP contribution in [0.25, 0.3) is 0 Å². The molecule has 2 rings (SSSR count). The third kappa shape index (κ3) is 1.96. The average molecular weight is 259 g/mol. The number of rotatable bonds is 2. The van der Waals surface area contributed by atoms with Gasteiger partial charge in [0.15, 0.2) is 17.4 Å². The van der Waals surface area contributed by atoms with Crippen LogP contribution in [0.5, 0.6) is 5.75 Å². The van der Waals surface area contributed by atoms with Gasteiger partial charge in [0, 0.05) is 17.5 Å². The summed E-state index contributed by atoms with van der Waals surface area (Å²) in [4.78, 5) is 0. The van der Waals surface area contributed by atoms with Crippen molar-refractivity contribution < 1.29 is 18.3 Å². The first-order valence-corrected chi connectivity index (χ1v) is 6.09. The van der Waals surface area contributed by atoms with Gasteiger partial charge in [0.2, 0.25) is 5.82 Å². The minimum absolute atomic E-state index is 0.0982. The average Bonchev–Trinajstić information content (AvgIpc) is 2.41. The molecule has 0 radical (unpaired) electrons. The Bertz CT molecular complexity index is 456. The largest absolute Gasteiger partial charge is 0.505 e. The number of benzene rings is 1. The Kier molecular flexibility index (Phi) is 3.52. The monoisotopic (exact) mass is 259 g/mol. The smallest absolute Gasteiger partial charge is 0.203 e. The molecule has 3 N–H and O–H groups in total. The molecule has 5 heteroatoms. The van der Waals surface area contributed by atoms with Gasteiger partial charge in [-0.2, -0.15) is 4.39 Å². The van der Waals surface area contributed by atoms with Gasteiger partial charge >= 0.3 is 0 Å². The van der Waals surface area contributed by atoms with Crippen LogP contribution in [0.1, 0.15) is 37.7 Å². The quantitative estimate of drug-likeness (QED) is 0.802. The zero-order chi connectivity index (χ0) is 13.3. The molecule has 1 aliphatic carbocycles. The van der Waals surface area contributed by atoms with Gasteiger partial charge in [0.1, 0.15) is 0 Å². The van der Waals surface area contributed by atoms with Crippen LogP contribution in [0.2, 0.25) is 0 Å². The van der Waals surface area contributed by atoms with E-state index in [0.717, 1.165) is 25.3 Å². The second kappa shape index (κ2) is 4.80. The maximum atomic E-state index is 13.4. The highest BCUT2D eigenvalue weighted by molar-refractivity contribution is 5.41. The molecule has 2 nitrogen and oxygen atoms in total. The lowest BCUT2D eigenvalue weighted by atomic mass is 9.69. The summed E-state index contributed by atoms with van der Waals surface area (Å²) in [7, 11) is 0. The molecular formula is C13H16F3NO. The fraction of sp³-hybridized carbons (Fsp3) is 0.538. The van der Waals surface area contributed by atoms with Gasteiger partial charge in [-0.15, -0.1) is 0 Å². The molecule has 1 aromatic carbocycles. The van der Waals surface area contributed by atoms with Gasteiger partial charge in [-0.25, -0.2) is 8.78 Å². The van der Waals surface area contributed by atoms with Crippen LogP contribution in [-0.4, -0.2) is 11.7 Å². The zero-order valence-corrected chi connectivity index (χ0v) is 9.98. The van der Waals surface area contributed by atoms with Crippen LogP contribution in [-0.2, 0) is 5.41 Å². The van der Waals surface area contributed by atoms with Gasteiger partial charge in [-0.1, -0.05) is 19.3 Å². The summed E-state index contributed by atoms with van der Waals surface area (Å²) in [5.41, 5.74) is 5.18. The van der Waals surface area contributed by atoms with E-state index in [0.29, 0.717) is 12.8 Å². The molecule has 0 atom stereocenters. The molecule has 0 aromatic heterocycles. The summed E-state index contributed by atoms with van der Waals surface area (Å²) in [5, 5.41) is 9.71. The first kappa shape index (κ1) is 13.2. The van der Waals surface area contributed by atoms with E-state index in [1.54, 1.807) is 0 Å². The fourth-order valence-corrected chi connectivity index (χ4v) is 2.80. The highest BCUT2D eigenvalue weighted by atomic mass is 19.2. The van der Waals surface area contributed by atoms with E-state index in [4.69, 9.17) is 5.73 Å². The lowest BCUT2D eigenvalue weighted by Gasteiger charge is -2.37. The minimum Gasteiger partial charge on any atom is -0.505 e. The van der Waals surface area contributed by atoms with Crippen molar-refractivity contribution >= 4 is 0 Å². The Morgan fingerprint density at radius 2 is 1.72 bits per heavy atom. The zero-order valence-electron chi connectivity index (χ0n) is 9.98. The van der Waals surface area contributed by atoms with Gasteiger partial charge in [-0.3, -0.25) is 0 Å². The maximum Gasteiger partial charge on any atom is 0.203 e. The van der Waals surface area contributed by atoms with E-state index in [1.165, 1.54) is 0 Å². The molecule has 0 aliphatic heterocycles. The summed E-state index contributed by atoms with van der Waals surface area (Å²) >= 11 is 0. The van der Waals surface area contributed by atoms with Crippen molar-refractivity contribution in [1.82, 2.24) is 0 Å². The third-order valence-corrected chi connectivity index (χ3v) is 3.91. The molecule has 1 fully saturated rings. The number of halogens is 3. The minimum atomic E-state index is -1.64. The van der Waals surface area contributed by atoms with Crippen LogP contribution in [0.15, 0.2) is 6.07 Å². The first-order chi connectivity index (χ1) is 8.52. The normalized spacial score (nSPS) is 18.9. The molecule has 1 saturated carbocycles. The lowest BCUT2D eigenvalue weighted by molar-refractivity contribution is 0.281. The molecule has 0 amide bonds. The van der Waals surface area contributed by atoms with Gasteiger partial charge in [0.05, 0.1) is 0 Å². The Morgan fingerprint density at radius 1 is 1.11 bits per heavy atom. The highest BCUT2D eigenvalue weighted by Crippen LogP contribution is 2.43. The Balaban J connectivity index is 2.55. The number of phenolic OH excluding ortho intramolecular Hbond substituents is 1. The number of phenols is 1. The van der Waals surface area contributed by atoms with Crippen molar-refractivity contribution in [2.24, 2.45) is 5.73 Å². The van der Waals surface area contributed by atoms with Crippen molar-refractivity contribution in [3.63, 3.8) is 0 Å². The standard InChI is InChI=1S/C13H16F3NO/c14-9-6-8(12(18)11(16)10(9)15)13(7-17)4-2-1-3-5-13/h6,18H,1-5,7,17H2. The summed E-state index contributed by atoms with van der Waals surface area (Å²) in [6, 6.07) is 0.881. The summed E-state index contributed by atoms with van der Waals surface area (Å²) in [5.74, 6) is -5.25. The molecule has 1 aliphatic rings. The van der Waals surface area contributed by atoms with Gasteiger partial charge in [-0.05, 0) is 18.9 Å². The number of hydrogen-bond acceptors (Lipinski definition) is 2. The van der Waals surface area contributed by atoms with Crippen LogP contribution >= 0.6 is 0 Å². The summed E-state index contributed by atoms with van der Waals surface area (Å²) in [6.07, 6.45) is 4.12.